The Kier molecular flexibility index (Phi) is 10.5. The van der Waals surface area contributed by atoms with Crippen molar-refractivity contribution in [1.29, 1.82) is 0 Å². The highest BCUT2D eigenvalue weighted by Crippen LogP contribution is 2.51. The molecule has 4 unspecified atom stereocenters. The molecular weight excluding hydrogens is 594 g/mol. The van der Waals surface area contributed by atoms with Gasteiger partial charge in [0, 0.05) is 13.1 Å². The van der Waals surface area contributed by atoms with Crippen LogP contribution < -0.4 is 31.9 Å². The highest BCUT2D eigenvalue weighted by atomic mass is 31.1. The Morgan fingerprint density at radius 3 is 1.02 bits per heavy atom. The molecule has 0 heterocycles. The summed E-state index contributed by atoms with van der Waals surface area (Å²) in [7, 11) is -0.793. The summed E-state index contributed by atoms with van der Waals surface area (Å²) >= 11 is 0. The molecule has 7 rings (SSSR count). The molecule has 5 aromatic carbocycles. The van der Waals surface area contributed by atoms with E-state index in [1.807, 2.05) is 0 Å². The van der Waals surface area contributed by atoms with Crippen molar-refractivity contribution in [2.75, 3.05) is 23.7 Å². The first-order chi connectivity index (χ1) is 22.8. The zero-order chi connectivity index (χ0) is 31.0. The van der Waals surface area contributed by atoms with Crippen molar-refractivity contribution in [3.63, 3.8) is 0 Å². The van der Waals surface area contributed by atoms with Gasteiger partial charge in [0.05, 0.1) is 11.4 Å². The lowest BCUT2D eigenvalue weighted by molar-refractivity contribution is 0.585. The number of benzene rings is 5. The summed E-state index contributed by atoms with van der Waals surface area (Å²) in [6, 6.07) is 54.1. The first-order valence-corrected chi connectivity index (χ1v) is 20.0. The van der Waals surface area contributed by atoms with Crippen molar-refractivity contribution in [1.82, 2.24) is 0 Å². The van der Waals surface area contributed by atoms with Crippen LogP contribution in [0.25, 0.3) is 0 Å². The first-order valence-electron chi connectivity index (χ1n) is 17.2. The highest BCUT2D eigenvalue weighted by Gasteiger charge is 2.36. The van der Waals surface area contributed by atoms with Crippen LogP contribution in [0.1, 0.15) is 38.5 Å². The van der Waals surface area contributed by atoms with E-state index in [2.05, 4.69) is 156 Å². The Bertz CT molecular complexity index is 1430. The molecule has 0 amide bonds. The standard InChI is InChI=1S/C42H46N2P2/c1-5-19-35(20-6-1)45(36-21-7-2-8-22-36)41-29-15-17-33(41)31-43-39-27-13-14-28-40(39)44-32-34-18-16-30-42(34)46(37-23-9-3-10-24-37)38-25-11-4-12-26-38/h1-14,19-28,33-34,41-44H,15-18,29-32H2. The fourth-order valence-corrected chi connectivity index (χ4v) is 14.2. The van der Waals surface area contributed by atoms with Crippen LogP contribution in [0.4, 0.5) is 11.4 Å². The van der Waals surface area contributed by atoms with E-state index >= 15 is 0 Å². The van der Waals surface area contributed by atoms with E-state index in [4.69, 9.17) is 0 Å². The van der Waals surface area contributed by atoms with Crippen molar-refractivity contribution in [2.24, 2.45) is 11.8 Å². The number of rotatable bonds is 12. The molecule has 0 aromatic heterocycles. The molecule has 4 heteroatoms. The minimum Gasteiger partial charge on any atom is -0.383 e. The van der Waals surface area contributed by atoms with Crippen molar-refractivity contribution in [2.45, 2.75) is 49.8 Å². The van der Waals surface area contributed by atoms with Crippen molar-refractivity contribution < 1.29 is 0 Å². The molecule has 2 nitrogen and oxygen atoms in total. The molecule has 0 saturated heterocycles. The summed E-state index contributed by atoms with van der Waals surface area (Å²) in [5, 5.41) is 14.0. The van der Waals surface area contributed by atoms with Gasteiger partial charge in [0.2, 0.25) is 0 Å². The quantitative estimate of drug-likeness (QED) is 0.133. The molecule has 2 aliphatic carbocycles. The zero-order valence-corrected chi connectivity index (χ0v) is 28.5. The van der Waals surface area contributed by atoms with Crippen LogP contribution in [-0.2, 0) is 0 Å². The maximum absolute atomic E-state index is 3.96. The molecule has 0 bridgehead atoms. The average Bonchev–Trinajstić information content (AvgIpc) is 3.79. The predicted molar refractivity (Wildman–Crippen MR) is 204 cm³/mol. The smallest absolute Gasteiger partial charge is 0.0576 e. The molecule has 0 spiro atoms. The lowest BCUT2D eigenvalue weighted by Gasteiger charge is -2.31. The van der Waals surface area contributed by atoms with Gasteiger partial charge in [-0.2, -0.15) is 0 Å². The van der Waals surface area contributed by atoms with Crippen molar-refractivity contribution in [3.8, 4) is 0 Å². The topological polar surface area (TPSA) is 24.1 Å². The van der Waals surface area contributed by atoms with Gasteiger partial charge in [0.15, 0.2) is 0 Å². The second-order valence-electron chi connectivity index (χ2n) is 12.9. The molecule has 2 saturated carbocycles. The minimum absolute atomic E-state index is 0.396. The van der Waals surface area contributed by atoms with Gasteiger partial charge in [-0.3, -0.25) is 0 Å². The van der Waals surface area contributed by atoms with Gasteiger partial charge >= 0.3 is 0 Å². The van der Waals surface area contributed by atoms with E-state index in [0.29, 0.717) is 23.2 Å². The SMILES string of the molecule is c1ccc(P(c2ccccc2)C2CCCC2CNc2ccccc2NCC2CCCC2P(c2ccccc2)c2ccccc2)cc1. The first kappa shape index (κ1) is 31.2. The summed E-state index contributed by atoms with van der Waals surface area (Å²) in [6.45, 7) is 2.06. The fourth-order valence-electron chi connectivity index (χ4n) is 7.88. The minimum atomic E-state index is -0.396. The van der Waals surface area contributed by atoms with E-state index in [1.54, 1.807) is 0 Å². The summed E-state index contributed by atoms with van der Waals surface area (Å²) < 4.78 is 0. The molecule has 2 N–H and O–H groups in total. The van der Waals surface area contributed by atoms with E-state index in [1.165, 1.54) is 71.1 Å². The predicted octanol–water partition coefficient (Wildman–Crippen LogP) is 9.11. The molecule has 46 heavy (non-hydrogen) atoms. The van der Waals surface area contributed by atoms with Gasteiger partial charge in [-0.15, -0.1) is 0 Å². The van der Waals surface area contributed by atoms with Gasteiger partial charge in [0.1, 0.15) is 0 Å². The zero-order valence-electron chi connectivity index (χ0n) is 26.7. The third-order valence-corrected chi connectivity index (χ3v) is 16.2. The van der Waals surface area contributed by atoms with E-state index in [9.17, 15) is 0 Å². The maximum atomic E-state index is 3.96. The monoisotopic (exact) mass is 640 g/mol. The van der Waals surface area contributed by atoms with Gasteiger partial charge < -0.3 is 10.6 Å². The van der Waals surface area contributed by atoms with Gasteiger partial charge in [-0.1, -0.05) is 146 Å². The number of nitrogens with one attached hydrogen (secondary N) is 2. The molecule has 0 radical (unpaired) electrons. The Balaban J connectivity index is 1.05. The van der Waals surface area contributed by atoms with Gasteiger partial charge in [-0.25, -0.2) is 0 Å². The molecule has 2 fully saturated rings. The summed E-state index contributed by atoms with van der Waals surface area (Å²) in [5.74, 6) is 1.33. The van der Waals surface area contributed by atoms with Gasteiger partial charge in [0.25, 0.3) is 0 Å². The van der Waals surface area contributed by atoms with Crippen LogP contribution in [0.3, 0.4) is 0 Å². The number of hydrogen-bond acceptors (Lipinski definition) is 2. The summed E-state index contributed by atoms with van der Waals surface area (Å²) in [4.78, 5) is 0. The number of anilines is 2. The van der Waals surface area contributed by atoms with Crippen LogP contribution in [0.5, 0.6) is 0 Å². The van der Waals surface area contributed by atoms with E-state index in [-0.39, 0.29) is 0 Å². The second kappa shape index (κ2) is 15.4. The third-order valence-electron chi connectivity index (χ3n) is 10.1. The normalized spacial score (nSPS) is 21.1. The number of para-hydroxylation sites is 2. The fraction of sp³-hybridized carbons (Fsp3) is 0.286. The van der Waals surface area contributed by atoms with Crippen LogP contribution in [0.2, 0.25) is 0 Å². The average molecular weight is 641 g/mol. The molecule has 5 aromatic rings. The van der Waals surface area contributed by atoms with Gasteiger partial charge in [-0.05, 0) is 98.0 Å². The van der Waals surface area contributed by atoms with E-state index in [0.717, 1.165) is 13.1 Å². The van der Waals surface area contributed by atoms with Crippen LogP contribution in [0, 0.1) is 11.8 Å². The lowest BCUT2D eigenvalue weighted by Crippen LogP contribution is -2.29. The largest absolute Gasteiger partial charge is 0.383 e. The van der Waals surface area contributed by atoms with Crippen molar-refractivity contribution >= 4 is 48.4 Å². The second-order valence-corrected chi connectivity index (χ2v) is 17.8. The Hall–Kier alpha value is -3.44. The number of hydrogen-bond donors (Lipinski definition) is 2. The van der Waals surface area contributed by atoms with Crippen LogP contribution >= 0.6 is 15.8 Å². The van der Waals surface area contributed by atoms with E-state index < -0.39 is 15.8 Å². The molecule has 0 aliphatic heterocycles. The van der Waals surface area contributed by atoms with Crippen LogP contribution in [0.15, 0.2) is 146 Å². The van der Waals surface area contributed by atoms with Crippen molar-refractivity contribution in [3.05, 3.63) is 146 Å². The molecule has 4 atom stereocenters. The summed E-state index contributed by atoms with van der Waals surface area (Å²) in [5.41, 5.74) is 3.89. The Morgan fingerprint density at radius 1 is 0.391 bits per heavy atom. The summed E-state index contributed by atoms with van der Waals surface area (Å²) in [6.07, 6.45) is 7.89. The highest BCUT2D eigenvalue weighted by molar-refractivity contribution is 7.74. The maximum Gasteiger partial charge on any atom is 0.0576 e. The lowest BCUT2D eigenvalue weighted by atomic mass is 10.1. The third kappa shape index (κ3) is 7.25. The molecular formula is C42H46N2P2. The van der Waals surface area contributed by atoms with Crippen LogP contribution in [-0.4, -0.2) is 24.4 Å². The Labute approximate surface area is 278 Å². The Morgan fingerprint density at radius 2 is 0.696 bits per heavy atom. The molecule has 234 valence electrons. The molecule has 2 aliphatic rings.